The van der Waals surface area contributed by atoms with E-state index in [1.54, 1.807) is 0 Å². The predicted molar refractivity (Wildman–Crippen MR) is 46.5 cm³/mol. The molecule has 1 rings (SSSR count). The summed E-state index contributed by atoms with van der Waals surface area (Å²) in [6.07, 6.45) is 3.14. The topological polar surface area (TPSA) is 17.8 Å². The van der Waals surface area contributed by atoms with E-state index >= 15 is 0 Å². The zero-order valence-electron chi connectivity index (χ0n) is 7.76. The number of rotatable bonds is 2. The van der Waals surface area contributed by atoms with Gasteiger partial charge in [0, 0.05) is 19.7 Å². The summed E-state index contributed by atoms with van der Waals surface area (Å²) in [5, 5.41) is 0. The molecule has 1 aromatic heterocycles. The first-order chi connectivity index (χ1) is 5.09. The van der Waals surface area contributed by atoms with Crippen LogP contribution in [0.5, 0.6) is 0 Å². The monoisotopic (exact) mass is 152 g/mol. The average Bonchev–Trinajstić information content (AvgIpc) is 2.09. The van der Waals surface area contributed by atoms with Crippen molar-refractivity contribution in [2.24, 2.45) is 13.0 Å². The van der Waals surface area contributed by atoms with Crippen LogP contribution in [-0.4, -0.2) is 9.55 Å². The smallest absolute Gasteiger partial charge is 0.108 e. The first kappa shape index (κ1) is 8.31. The molecule has 1 heterocycles. The fourth-order valence-corrected chi connectivity index (χ4v) is 1.22. The standard InChI is InChI=1S/C9H16N2/c1-7(2)5-9-10-8(3)6-11(9)4/h6-7H,5H2,1-4H3. The van der Waals surface area contributed by atoms with E-state index < -0.39 is 0 Å². The lowest BCUT2D eigenvalue weighted by molar-refractivity contribution is 0.602. The highest BCUT2D eigenvalue weighted by atomic mass is 15.0. The molecule has 62 valence electrons. The van der Waals surface area contributed by atoms with Crippen LogP contribution >= 0.6 is 0 Å². The number of aromatic nitrogens is 2. The molecule has 11 heavy (non-hydrogen) atoms. The Morgan fingerprint density at radius 2 is 2.18 bits per heavy atom. The van der Waals surface area contributed by atoms with Gasteiger partial charge < -0.3 is 4.57 Å². The third-order valence-electron chi connectivity index (χ3n) is 1.68. The van der Waals surface area contributed by atoms with Gasteiger partial charge in [0.25, 0.3) is 0 Å². The van der Waals surface area contributed by atoms with Crippen molar-refractivity contribution in [3.8, 4) is 0 Å². The summed E-state index contributed by atoms with van der Waals surface area (Å²) in [5.41, 5.74) is 1.11. The van der Waals surface area contributed by atoms with Gasteiger partial charge in [-0.25, -0.2) is 4.98 Å². The van der Waals surface area contributed by atoms with Crippen LogP contribution in [0.3, 0.4) is 0 Å². The van der Waals surface area contributed by atoms with Crippen LogP contribution in [0, 0.1) is 12.8 Å². The third-order valence-corrected chi connectivity index (χ3v) is 1.68. The molecule has 0 amide bonds. The highest BCUT2D eigenvalue weighted by molar-refractivity contribution is 5.01. The zero-order chi connectivity index (χ0) is 8.43. The van der Waals surface area contributed by atoms with Gasteiger partial charge in [-0.15, -0.1) is 0 Å². The van der Waals surface area contributed by atoms with E-state index in [2.05, 4.69) is 36.6 Å². The summed E-state index contributed by atoms with van der Waals surface area (Å²) in [5.74, 6) is 1.88. The number of imidazole rings is 1. The number of hydrogen-bond acceptors (Lipinski definition) is 1. The van der Waals surface area contributed by atoms with Gasteiger partial charge in [0.05, 0.1) is 5.69 Å². The molecule has 1 aromatic rings. The molecule has 0 aromatic carbocycles. The first-order valence-corrected chi connectivity index (χ1v) is 4.08. The second kappa shape index (κ2) is 3.07. The lowest BCUT2D eigenvalue weighted by atomic mass is 10.1. The third kappa shape index (κ3) is 2.07. The lowest BCUT2D eigenvalue weighted by Gasteiger charge is -2.03. The minimum Gasteiger partial charge on any atom is -0.338 e. The largest absolute Gasteiger partial charge is 0.338 e. The highest BCUT2D eigenvalue weighted by Crippen LogP contribution is 2.06. The quantitative estimate of drug-likeness (QED) is 0.633. The molecular weight excluding hydrogens is 136 g/mol. The Hall–Kier alpha value is -0.790. The number of nitrogens with zero attached hydrogens (tertiary/aromatic N) is 2. The molecule has 0 aliphatic carbocycles. The maximum absolute atomic E-state index is 4.41. The molecule has 0 atom stereocenters. The molecule has 0 fully saturated rings. The van der Waals surface area contributed by atoms with E-state index in [4.69, 9.17) is 0 Å². The van der Waals surface area contributed by atoms with Gasteiger partial charge in [0.1, 0.15) is 5.82 Å². The van der Waals surface area contributed by atoms with Crippen molar-refractivity contribution in [2.75, 3.05) is 0 Å². The van der Waals surface area contributed by atoms with Crippen molar-refractivity contribution in [1.82, 2.24) is 9.55 Å². The number of aryl methyl sites for hydroxylation is 2. The maximum atomic E-state index is 4.41. The Morgan fingerprint density at radius 3 is 2.55 bits per heavy atom. The molecule has 0 bridgehead atoms. The predicted octanol–water partition coefficient (Wildman–Crippen LogP) is 1.93. The van der Waals surface area contributed by atoms with Crippen molar-refractivity contribution >= 4 is 0 Å². The Bertz CT molecular complexity index is 236. The summed E-state index contributed by atoms with van der Waals surface area (Å²) < 4.78 is 2.11. The zero-order valence-corrected chi connectivity index (χ0v) is 7.76. The van der Waals surface area contributed by atoms with Crippen LogP contribution in [0.4, 0.5) is 0 Å². The Balaban J connectivity index is 2.77. The molecule has 0 aliphatic rings. The SMILES string of the molecule is Cc1cn(C)c(CC(C)C)n1. The van der Waals surface area contributed by atoms with Gasteiger partial charge in [-0.05, 0) is 12.8 Å². The second-order valence-electron chi connectivity index (χ2n) is 3.51. The molecule has 0 spiro atoms. The maximum Gasteiger partial charge on any atom is 0.108 e. The molecular formula is C9H16N2. The minimum atomic E-state index is 0.690. The fourth-order valence-electron chi connectivity index (χ4n) is 1.22. The summed E-state index contributed by atoms with van der Waals surface area (Å²) in [7, 11) is 2.05. The molecule has 0 saturated carbocycles. The second-order valence-corrected chi connectivity index (χ2v) is 3.51. The van der Waals surface area contributed by atoms with Crippen molar-refractivity contribution in [3.05, 3.63) is 17.7 Å². The van der Waals surface area contributed by atoms with Crippen LogP contribution in [0.1, 0.15) is 25.4 Å². The van der Waals surface area contributed by atoms with E-state index in [0.717, 1.165) is 12.1 Å². The van der Waals surface area contributed by atoms with Gasteiger partial charge in [-0.3, -0.25) is 0 Å². The van der Waals surface area contributed by atoms with Gasteiger partial charge in [0.15, 0.2) is 0 Å². The van der Waals surface area contributed by atoms with Gasteiger partial charge in [-0.2, -0.15) is 0 Å². The van der Waals surface area contributed by atoms with Crippen LogP contribution < -0.4 is 0 Å². The molecule has 2 nitrogen and oxygen atoms in total. The van der Waals surface area contributed by atoms with Crippen LogP contribution in [0.2, 0.25) is 0 Å². The summed E-state index contributed by atoms with van der Waals surface area (Å²) in [4.78, 5) is 4.41. The average molecular weight is 152 g/mol. The molecule has 0 saturated heterocycles. The van der Waals surface area contributed by atoms with Gasteiger partial charge in [0.2, 0.25) is 0 Å². The normalized spacial score (nSPS) is 11.0. The van der Waals surface area contributed by atoms with Crippen molar-refractivity contribution in [1.29, 1.82) is 0 Å². The fraction of sp³-hybridized carbons (Fsp3) is 0.667. The Kier molecular flexibility index (Phi) is 2.32. The van der Waals surface area contributed by atoms with Crippen LogP contribution in [0.15, 0.2) is 6.20 Å². The minimum absolute atomic E-state index is 0.690. The van der Waals surface area contributed by atoms with Crippen LogP contribution in [-0.2, 0) is 13.5 Å². The van der Waals surface area contributed by atoms with E-state index in [-0.39, 0.29) is 0 Å². The van der Waals surface area contributed by atoms with E-state index in [0.29, 0.717) is 5.92 Å². The Labute approximate surface area is 68.3 Å². The summed E-state index contributed by atoms with van der Waals surface area (Å²) >= 11 is 0. The van der Waals surface area contributed by atoms with Crippen LogP contribution in [0.25, 0.3) is 0 Å². The molecule has 0 radical (unpaired) electrons. The first-order valence-electron chi connectivity index (χ1n) is 4.08. The molecule has 0 N–H and O–H groups in total. The van der Waals surface area contributed by atoms with Crippen molar-refractivity contribution in [2.45, 2.75) is 27.2 Å². The molecule has 2 heteroatoms. The highest BCUT2D eigenvalue weighted by Gasteiger charge is 2.03. The molecule has 0 aliphatic heterocycles. The van der Waals surface area contributed by atoms with E-state index in [1.807, 2.05) is 6.92 Å². The van der Waals surface area contributed by atoms with Crippen molar-refractivity contribution in [3.63, 3.8) is 0 Å². The lowest BCUT2D eigenvalue weighted by Crippen LogP contribution is -2.01. The van der Waals surface area contributed by atoms with Gasteiger partial charge in [-0.1, -0.05) is 13.8 Å². The Morgan fingerprint density at radius 1 is 1.55 bits per heavy atom. The van der Waals surface area contributed by atoms with Gasteiger partial charge >= 0.3 is 0 Å². The van der Waals surface area contributed by atoms with Crippen molar-refractivity contribution < 1.29 is 0 Å². The number of hydrogen-bond donors (Lipinski definition) is 0. The van der Waals surface area contributed by atoms with E-state index in [1.165, 1.54) is 5.82 Å². The summed E-state index contributed by atoms with van der Waals surface area (Å²) in [6.45, 7) is 6.46. The van der Waals surface area contributed by atoms with E-state index in [9.17, 15) is 0 Å². The molecule has 0 unspecified atom stereocenters. The summed E-state index contributed by atoms with van der Waals surface area (Å²) in [6, 6.07) is 0.